The molecule has 1 saturated carbocycles. The predicted molar refractivity (Wildman–Crippen MR) is 203 cm³/mol. The lowest BCUT2D eigenvalue weighted by Gasteiger charge is -2.44. The quantitative estimate of drug-likeness (QED) is 0.115. The van der Waals surface area contributed by atoms with Crippen molar-refractivity contribution >= 4 is 57.8 Å². The molecule has 54 heavy (non-hydrogen) atoms. The summed E-state index contributed by atoms with van der Waals surface area (Å²) in [6.45, 7) is 0. The second-order valence-corrected chi connectivity index (χ2v) is 14.3. The molecule has 3 N–H and O–H groups in total. The van der Waals surface area contributed by atoms with Crippen LogP contribution in [0.2, 0.25) is 0 Å². The Hall–Kier alpha value is -6.55. The largest absolute Gasteiger partial charge is 0.505 e. The van der Waals surface area contributed by atoms with E-state index in [1.165, 1.54) is 15.9 Å². The highest BCUT2D eigenvalue weighted by molar-refractivity contribution is 6.24. The van der Waals surface area contributed by atoms with Crippen LogP contribution in [0.3, 0.4) is 0 Å². The molecule has 3 fully saturated rings. The van der Waals surface area contributed by atoms with E-state index in [2.05, 4.69) is 10.6 Å². The Balaban J connectivity index is 1.04. The molecule has 6 unspecified atom stereocenters. The average Bonchev–Trinajstić information content (AvgIpc) is 3.60. The molecule has 9 rings (SSSR count). The standard InChI is InChI=1S/C44H35FN4O5/c45-36-13-7-12-32(40(36)50)37-31-22-23-33-38(43(53)48(41(33)51)29-18-14-27(15-19-29)46-25-8-3-1-4-9-25)34(31)24-35-39(37)44(54)49(42(35)52)30-20-16-28(17-21-30)47-26-10-5-2-6-11-26/h1-22,33-35,37-39,46-47,50H,23-24H2. The van der Waals surface area contributed by atoms with Gasteiger partial charge in [0, 0.05) is 34.2 Å². The Labute approximate surface area is 310 Å². The number of nitrogens with zero attached hydrogens (tertiary/aromatic N) is 2. The fourth-order valence-corrected chi connectivity index (χ4v) is 8.99. The van der Waals surface area contributed by atoms with E-state index in [0.717, 1.165) is 28.8 Å². The first kappa shape index (κ1) is 33.3. The molecular weight excluding hydrogens is 684 g/mol. The maximum atomic E-state index is 15.0. The Bertz CT molecular complexity index is 2330. The molecule has 0 spiro atoms. The number of carbonyl (C=O) groups excluding carboxylic acids is 4. The van der Waals surface area contributed by atoms with Crippen molar-refractivity contribution in [2.45, 2.75) is 18.8 Å². The first-order valence-corrected chi connectivity index (χ1v) is 18.1. The van der Waals surface area contributed by atoms with Crippen LogP contribution in [0.5, 0.6) is 5.75 Å². The van der Waals surface area contributed by atoms with E-state index >= 15 is 0 Å². The maximum absolute atomic E-state index is 15.0. The summed E-state index contributed by atoms with van der Waals surface area (Å²) in [5.74, 6) is -7.77. The average molecular weight is 719 g/mol. The number of hydrogen-bond donors (Lipinski definition) is 3. The number of anilines is 6. The van der Waals surface area contributed by atoms with Crippen LogP contribution in [0, 0.1) is 35.4 Å². The number of para-hydroxylation sites is 3. The lowest BCUT2D eigenvalue weighted by atomic mass is 9.57. The first-order chi connectivity index (χ1) is 26.3. The maximum Gasteiger partial charge on any atom is 0.238 e. The minimum absolute atomic E-state index is 0.158. The zero-order chi connectivity index (χ0) is 37.1. The molecule has 5 aromatic rings. The van der Waals surface area contributed by atoms with E-state index in [9.17, 15) is 28.7 Å². The van der Waals surface area contributed by atoms with E-state index < -0.39 is 58.9 Å². The van der Waals surface area contributed by atoms with Crippen molar-refractivity contribution in [1.82, 2.24) is 0 Å². The minimum Gasteiger partial charge on any atom is -0.505 e. The van der Waals surface area contributed by atoms with Gasteiger partial charge in [-0.05, 0) is 97.6 Å². The number of phenols is 1. The van der Waals surface area contributed by atoms with Crippen LogP contribution in [0.4, 0.5) is 38.5 Å². The number of phenolic OH excluding ortho intramolecular Hbond substituents is 1. The van der Waals surface area contributed by atoms with Gasteiger partial charge < -0.3 is 15.7 Å². The Morgan fingerprint density at radius 2 is 1.04 bits per heavy atom. The molecule has 0 bridgehead atoms. The third-order valence-electron chi connectivity index (χ3n) is 11.4. The number of amides is 4. The lowest BCUT2D eigenvalue weighted by Crippen LogP contribution is -2.43. The highest BCUT2D eigenvalue weighted by atomic mass is 19.1. The van der Waals surface area contributed by atoms with Gasteiger partial charge in [0.1, 0.15) is 0 Å². The van der Waals surface area contributed by atoms with Crippen molar-refractivity contribution in [2.75, 3.05) is 20.4 Å². The molecule has 2 aliphatic heterocycles. The molecule has 0 radical (unpaired) electrons. The number of fused-ring (bicyclic) bond motifs is 4. The minimum atomic E-state index is -0.945. The second kappa shape index (κ2) is 13.1. The number of benzene rings is 5. The number of allylic oxidation sites excluding steroid dienone is 2. The van der Waals surface area contributed by atoms with E-state index in [1.54, 1.807) is 42.5 Å². The topological polar surface area (TPSA) is 119 Å². The fourth-order valence-electron chi connectivity index (χ4n) is 8.99. The van der Waals surface area contributed by atoms with Crippen LogP contribution in [-0.4, -0.2) is 28.7 Å². The molecule has 0 aromatic heterocycles. The number of aromatic hydroxyl groups is 1. The third-order valence-corrected chi connectivity index (χ3v) is 11.4. The summed E-state index contributed by atoms with van der Waals surface area (Å²) in [7, 11) is 0. The molecule has 2 aliphatic carbocycles. The van der Waals surface area contributed by atoms with Crippen molar-refractivity contribution in [3.05, 3.63) is 150 Å². The van der Waals surface area contributed by atoms with E-state index in [-0.39, 0.29) is 30.2 Å². The van der Waals surface area contributed by atoms with Gasteiger partial charge in [0.15, 0.2) is 11.6 Å². The van der Waals surface area contributed by atoms with Crippen LogP contribution in [-0.2, 0) is 19.2 Å². The van der Waals surface area contributed by atoms with Crippen LogP contribution in [0.1, 0.15) is 24.3 Å². The monoisotopic (exact) mass is 718 g/mol. The van der Waals surface area contributed by atoms with Crippen molar-refractivity contribution in [1.29, 1.82) is 0 Å². The molecule has 2 saturated heterocycles. The summed E-state index contributed by atoms with van der Waals surface area (Å²) in [5.41, 5.74) is 5.02. The number of imide groups is 2. The number of nitrogens with one attached hydrogen (secondary N) is 2. The summed E-state index contributed by atoms with van der Waals surface area (Å²) < 4.78 is 15.0. The number of carbonyl (C=O) groups is 4. The summed E-state index contributed by atoms with van der Waals surface area (Å²) >= 11 is 0. The number of hydrogen-bond acceptors (Lipinski definition) is 7. The van der Waals surface area contributed by atoms with Gasteiger partial charge in [0.2, 0.25) is 23.6 Å². The van der Waals surface area contributed by atoms with E-state index in [4.69, 9.17) is 0 Å². The van der Waals surface area contributed by atoms with Crippen molar-refractivity contribution < 1.29 is 28.7 Å². The predicted octanol–water partition coefficient (Wildman–Crippen LogP) is 8.06. The normalized spacial score (nSPS) is 24.5. The van der Waals surface area contributed by atoms with Gasteiger partial charge in [-0.1, -0.05) is 60.2 Å². The van der Waals surface area contributed by atoms with Gasteiger partial charge in [-0.15, -0.1) is 0 Å². The zero-order valence-electron chi connectivity index (χ0n) is 28.9. The molecule has 9 nitrogen and oxygen atoms in total. The molecule has 268 valence electrons. The Kier molecular flexibility index (Phi) is 8.10. The number of halogens is 1. The van der Waals surface area contributed by atoms with Crippen LogP contribution >= 0.6 is 0 Å². The van der Waals surface area contributed by atoms with Gasteiger partial charge in [0.05, 0.1) is 35.0 Å². The van der Waals surface area contributed by atoms with Crippen molar-refractivity contribution in [3.8, 4) is 5.75 Å². The molecule has 2 heterocycles. The lowest BCUT2D eigenvalue weighted by molar-refractivity contribution is -0.126. The van der Waals surface area contributed by atoms with Crippen LogP contribution < -0.4 is 20.4 Å². The molecule has 4 amide bonds. The second-order valence-electron chi connectivity index (χ2n) is 14.3. The summed E-state index contributed by atoms with van der Waals surface area (Å²) in [5, 5.41) is 17.7. The first-order valence-electron chi connectivity index (χ1n) is 18.1. The SMILES string of the molecule is O=C1C2CC=C3C(CC4C(=O)N(c5ccc(Nc6ccccc6)cc5)C(=O)C4C3c3cccc(F)c3O)C2C(=O)N1c1ccc(Nc2ccccc2)cc1. The smallest absolute Gasteiger partial charge is 0.238 e. The van der Waals surface area contributed by atoms with Crippen molar-refractivity contribution in [3.63, 3.8) is 0 Å². The highest BCUT2D eigenvalue weighted by Crippen LogP contribution is 2.59. The van der Waals surface area contributed by atoms with Gasteiger partial charge in [0.25, 0.3) is 0 Å². The van der Waals surface area contributed by atoms with Crippen LogP contribution in [0.15, 0.2) is 139 Å². The number of rotatable bonds is 7. The molecule has 5 aromatic carbocycles. The van der Waals surface area contributed by atoms with E-state index in [1.807, 2.05) is 78.9 Å². The molecular formula is C44H35FN4O5. The van der Waals surface area contributed by atoms with E-state index in [0.29, 0.717) is 16.9 Å². The molecule has 4 aliphatic rings. The Morgan fingerprint density at radius 3 is 1.59 bits per heavy atom. The van der Waals surface area contributed by atoms with Gasteiger partial charge >= 0.3 is 0 Å². The zero-order valence-corrected chi connectivity index (χ0v) is 28.9. The molecule has 6 atom stereocenters. The van der Waals surface area contributed by atoms with Crippen LogP contribution in [0.25, 0.3) is 0 Å². The Morgan fingerprint density at radius 1 is 0.537 bits per heavy atom. The van der Waals surface area contributed by atoms with Gasteiger partial charge in [-0.2, -0.15) is 0 Å². The molecule has 10 heteroatoms. The summed E-state index contributed by atoms with van der Waals surface area (Å²) in [6, 6.07) is 37.5. The highest BCUT2D eigenvalue weighted by Gasteiger charge is 2.62. The van der Waals surface area contributed by atoms with Gasteiger partial charge in [-0.25, -0.2) is 4.39 Å². The summed E-state index contributed by atoms with van der Waals surface area (Å²) in [6.07, 6.45) is 2.27. The fraction of sp³-hybridized carbons (Fsp3) is 0.182. The summed E-state index contributed by atoms with van der Waals surface area (Å²) in [4.78, 5) is 59.7. The third kappa shape index (κ3) is 5.44. The van der Waals surface area contributed by atoms with Gasteiger partial charge in [-0.3, -0.25) is 29.0 Å². The van der Waals surface area contributed by atoms with Crippen molar-refractivity contribution in [2.24, 2.45) is 29.6 Å².